The van der Waals surface area contributed by atoms with Crippen LogP contribution in [-0.2, 0) is 0 Å². The first kappa shape index (κ1) is 25.8. The van der Waals surface area contributed by atoms with E-state index < -0.39 is 50.4 Å². The quantitative estimate of drug-likeness (QED) is 0.428. The van der Waals surface area contributed by atoms with E-state index in [2.05, 4.69) is 103 Å². The first-order valence-corrected chi connectivity index (χ1v) is 26.7. The fourth-order valence-electron chi connectivity index (χ4n) is 2.35. The highest BCUT2D eigenvalue weighted by Crippen LogP contribution is 2.15. The Hall–Kier alpha value is -0.279. The topological polar surface area (TPSA) is 52.9 Å². The zero-order valence-electron chi connectivity index (χ0n) is 20.1. The van der Waals surface area contributed by atoms with Gasteiger partial charge in [-0.05, 0) is 10.4 Å². The summed E-state index contributed by atoms with van der Waals surface area (Å²) in [5, 5.41) is 2.64. The molecule has 0 aliphatic heterocycles. The Kier molecular flexibility index (Phi) is 8.51. The highest BCUT2D eigenvalue weighted by Gasteiger charge is 2.14. The lowest BCUT2D eigenvalue weighted by Crippen LogP contribution is -2.37. The van der Waals surface area contributed by atoms with Crippen LogP contribution in [0.4, 0.5) is 0 Å². The molecule has 0 heterocycles. The molecule has 0 aliphatic carbocycles. The van der Waals surface area contributed by atoms with Crippen molar-refractivity contribution in [2.24, 2.45) is 8.60 Å². The van der Waals surface area contributed by atoms with E-state index in [1.54, 1.807) is 0 Å². The summed E-state index contributed by atoms with van der Waals surface area (Å²) in [6.07, 6.45) is 0. The van der Waals surface area contributed by atoms with E-state index in [-0.39, 0.29) is 0 Å². The van der Waals surface area contributed by atoms with Gasteiger partial charge in [0, 0.05) is 50.4 Å². The van der Waals surface area contributed by atoms with Crippen LogP contribution in [0.2, 0.25) is 78.6 Å². The Balaban J connectivity index is 3.35. The first-order valence-electron chi connectivity index (χ1n) is 10.1. The number of nitrogens with zero attached hydrogens (tertiary/aromatic N) is 4. The summed E-state index contributed by atoms with van der Waals surface area (Å²) in [5.74, 6) is 0. The monoisotopic (exact) mass is 480 g/mol. The van der Waals surface area contributed by atoms with Crippen LogP contribution in [0.5, 0.6) is 0 Å². The Morgan fingerprint density at radius 3 is 0.964 bits per heavy atom. The van der Waals surface area contributed by atoms with Gasteiger partial charge >= 0.3 is 0 Å². The molecule has 0 bridgehead atoms. The highest BCUT2D eigenvalue weighted by atomic mass is 28.4. The van der Waals surface area contributed by atoms with Gasteiger partial charge in [-0.2, -0.15) is 0 Å². The molecule has 28 heavy (non-hydrogen) atoms. The second-order valence-electron chi connectivity index (χ2n) is 11.4. The minimum absolute atomic E-state index is 1.21. The van der Waals surface area contributed by atoms with Crippen molar-refractivity contribution >= 4 is 60.8 Å². The van der Waals surface area contributed by atoms with Crippen LogP contribution in [0, 0.1) is 0 Å². The summed E-state index contributed by atoms with van der Waals surface area (Å²) in [6.45, 7) is 27.7. The molecule has 4 nitrogen and oxygen atoms in total. The molecule has 1 rings (SSSR count). The van der Waals surface area contributed by atoms with Gasteiger partial charge in [0.15, 0.2) is 0 Å². The Morgan fingerprint density at radius 1 is 0.536 bits per heavy atom. The highest BCUT2D eigenvalue weighted by molar-refractivity contribution is 6.98. The van der Waals surface area contributed by atoms with Crippen LogP contribution in [0.3, 0.4) is 0 Å². The van der Waals surface area contributed by atoms with Crippen LogP contribution in [-0.4, -0.2) is 50.4 Å². The lowest BCUT2D eigenvalue weighted by Gasteiger charge is -2.34. The lowest BCUT2D eigenvalue weighted by molar-refractivity contribution is 1.57. The van der Waals surface area contributed by atoms with E-state index >= 15 is 0 Å². The molecule has 1 aromatic rings. The van der Waals surface area contributed by atoms with Crippen LogP contribution in [0.1, 0.15) is 0 Å². The summed E-state index contributed by atoms with van der Waals surface area (Å²) in [7, 11) is -8.50. The molecule has 0 saturated carbocycles. The zero-order chi connectivity index (χ0) is 22.0. The van der Waals surface area contributed by atoms with Gasteiger partial charge < -0.3 is 17.9 Å². The predicted octanol–water partition coefficient (Wildman–Crippen LogP) is 5.70. The average Bonchev–Trinajstić information content (AvgIpc) is 2.40. The van der Waals surface area contributed by atoms with Crippen molar-refractivity contribution in [2.75, 3.05) is 0 Å². The summed E-state index contributed by atoms with van der Waals surface area (Å²) in [5.41, 5.74) is 0. The SMILES string of the molecule is C[Si](C)(C)N=[Si]([N-][Si](C)(C)C)c1ccc([Si](=N[Si](C)(C)C)[N-][Si](C)(C)C)cc1. The average molecular weight is 481 g/mol. The van der Waals surface area contributed by atoms with E-state index in [1.165, 1.54) is 10.4 Å². The molecule has 0 spiro atoms. The van der Waals surface area contributed by atoms with Crippen molar-refractivity contribution in [3.05, 3.63) is 33.6 Å². The number of hydrogen-bond donors (Lipinski definition) is 0. The molecule has 0 saturated heterocycles. The van der Waals surface area contributed by atoms with E-state index in [0.717, 1.165) is 0 Å². The minimum Gasteiger partial charge on any atom is -0.488 e. The predicted molar refractivity (Wildman–Crippen MR) is 142 cm³/mol. The zero-order valence-corrected chi connectivity index (χ0v) is 26.1. The smallest absolute Gasteiger partial charge is 0.0400 e. The van der Waals surface area contributed by atoms with Crippen molar-refractivity contribution in [2.45, 2.75) is 78.6 Å². The molecule has 0 unspecified atom stereocenters. The molecule has 0 amide bonds. The minimum atomic E-state index is -1.52. The van der Waals surface area contributed by atoms with Crippen molar-refractivity contribution < 1.29 is 0 Å². The van der Waals surface area contributed by atoms with Crippen LogP contribution < -0.4 is 10.4 Å². The maximum absolute atomic E-state index is 5.24. The van der Waals surface area contributed by atoms with Gasteiger partial charge in [0.05, 0.1) is 0 Å². The summed E-state index contributed by atoms with van der Waals surface area (Å²) in [4.78, 5) is 0. The fraction of sp³-hybridized carbons (Fsp3) is 0.667. The molecule has 1 aromatic carbocycles. The molecule has 158 valence electrons. The maximum Gasteiger partial charge on any atom is 0.0400 e. The summed E-state index contributed by atoms with van der Waals surface area (Å²) >= 11 is 0. The lowest BCUT2D eigenvalue weighted by atomic mass is 10.4. The van der Waals surface area contributed by atoms with Crippen LogP contribution >= 0.6 is 0 Å². The molecule has 10 heteroatoms. The van der Waals surface area contributed by atoms with E-state index in [4.69, 9.17) is 17.9 Å². The summed E-state index contributed by atoms with van der Waals surface area (Å²) < 4.78 is 21.0. The standard InChI is InChI=1S/C18H40N4Si6/c1-25(2,3)19-23(20-26(4,5)6)17-13-15-18(16-14-17)24(21-27(7,8)9)22-28(10,11)12/h13-16H,1-12H3/q-2. The fourth-order valence-corrected chi connectivity index (χ4v) is 16.8. The van der Waals surface area contributed by atoms with Gasteiger partial charge in [-0.15, -0.1) is 0 Å². The van der Waals surface area contributed by atoms with Crippen molar-refractivity contribution in [1.29, 1.82) is 0 Å². The molecular weight excluding hydrogens is 441 g/mol. The molecule has 0 N–H and O–H groups in total. The van der Waals surface area contributed by atoms with Crippen molar-refractivity contribution in [3.63, 3.8) is 0 Å². The van der Waals surface area contributed by atoms with Gasteiger partial charge in [0.2, 0.25) is 0 Å². The molecule has 0 aliphatic rings. The number of hydrogen-bond acceptors (Lipinski definition) is 2. The van der Waals surface area contributed by atoms with Gasteiger partial charge in [0.25, 0.3) is 0 Å². The second-order valence-corrected chi connectivity index (χ2v) is 34.7. The van der Waals surface area contributed by atoms with E-state index in [9.17, 15) is 0 Å². The van der Waals surface area contributed by atoms with Gasteiger partial charge in [-0.25, -0.2) is 0 Å². The number of rotatable bonds is 8. The molecule has 0 radical (unpaired) electrons. The van der Waals surface area contributed by atoms with Crippen LogP contribution in [0.25, 0.3) is 9.30 Å². The molecular formula is C18H40N4Si6-2. The second kappa shape index (κ2) is 9.25. The molecule has 0 aromatic heterocycles. The number of benzene rings is 1. The normalized spacial score (nSPS) is 14.9. The van der Waals surface area contributed by atoms with Gasteiger partial charge in [0.1, 0.15) is 0 Å². The van der Waals surface area contributed by atoms with E-state index in [0.29, 0.717) is 0 Å². The summed E-state index contributed by atoms with van der Waals surface area (Å²) in [6, 6.07) is 9.12. The van der Waals surface area contributed by atoms with E-state index in [1.807, 2.05) is 0 Å². The van der Waals surface area contributed by atoms with Crippen molar-refractivity contribution in [1.82, 2.24) is 0 Å². The largest absolute Gasteiger partial charge is 0.488 e. The molecule has 0 fully saturated rings. The Bertz CT molecular complexity index is 654. The molecule has 0 atom stereocenters. The maximum atomic E-state index is 5.24. The van der Waals surface area contributed by atoms with Gasteiger partial charge in [-0.3, -0.25) is 0 Å². The third kappa shape index (κ3) is 11.0. The first-order chi connectivity index (χ1) is 12.3. The Labute approximate surface area is 181 Å². The van der Waals surface area contributed by atoms with Gasteiger partial charge in [-0.1, -0.05) is 103 Å². The Morgan fingerprint density at radius 2 is 0.786 bits per heavy atom. The van der Waals surface area contributed by atoms with Crippen LogP contribution in [0.15, 0.2) is 32.9 Å². The van der Waals surface area contributed by atoms with Crippen molar-refractivity contribution in [3.8, 4) is 0 Å². The third-order valence-corrected chi connectivity index (χ3v) is 19.0. The third-order valence-electron chi connectivity index (χ3n) is 3.17.